The molecule has 0 saturated heterocycles. The quantitative estimate of drug-likeness (QED) is 0.722. The molecular formula is C13H25N5. The number of hydrogen-bond donors (Lipinski definition) is 2. The number of nitrogens with one attached hydrogen (secondary N) is 2. The van der Waals surface area contributed by atoms with E-state index in [0.29, 0.717) is 6.04 Å². The number of rotatable bonds is 7. The molecule has 0 bridgehead atoms. The number of anilines is 2. The van der Waals surface area contributed by atoms with Gasteiger partial charge in [0.2, 0.25) is 0 Å². The first-order chi connectivity index (χ1) is 8.52. The molecular weight excluding hydrogens is 226 g/mol. The first-order valence-electron chi connectivity index (χ1n) is 6.51. The second-order valence-electron chi connectivity index (χ2n) is 4.84. The average Bonchev–Trinajstić information content (AvgIpc) is 2.27. The molecule has 0 aliphatic carbocycles. The van der Waals surface area contributed by atoms with Gasteiger partial charge < -0.3 is 15.5 Å². The number of nitrogens with zero attached hydrogens (tertiary/aromatic N) is 3. The molecule has 102 valence electrons. The van der Waals surface area contributed by atoms with Crippen LogP contribution in [0.25, 0.3) is 0 Å². The van der Waals surface area contributed by atoms with Crippen molar-refractivity contribution in [2.24, 2.45) is 0 Å². The van der Waals surface area contributed by atoms with Gasteiger partial charge in [0.15, 0.2) is 0 Å². The van der Waals surface area contributed by atoms with Gasteiger partial charge >= 0.3 is 0 Å². The van der Waals surface area contributed by atoms with Gasteiger partial charge in [-0.2, -0.15) is 0 Å². The summed E-state index contributed by atoms with van der Waals surface area (Å²) in [6, 6.07) is 2.38. The lowest BCUT2D eigenvalue weighted by molar-refractivity contribution is 0.707. The number of hydrogen-bond acceptors (Lipinski definition) is 5. The van der Waals surface area contributed by atoms with E-state index in [0.717, 1.165) is 37.0 Å². The van der Waals surface area contributed by atoms with Crippen LogP contribution in [0.4, 0.5) is 11.6 Å². The molecule has 5 heteroatoms. The van der Waals surface area contributed by atoms with Crippen molar-refractivity contribution in [2.45, 2.75) is 33.2 Å². The third kappa shape index (κ3) is 4.87. The van der Waals surface area contributed by atoms with E-state index >= 15 is 0 Å². The molecule has 1 aromatic heterocycles. The zero-order valence-electron chi connectivity index (χ0n) is 12.1. The maximum Gasteiger partial charge on any atom is 0.134 e. The Kier molecular flexibility index (Phi) is 5.85. The fourth-order valence-electron chi connectivity index (χ4n) is 1.72. The van der Waals surface area contributed by atoms with Crippen LogP contribution < -0.4 is 15.5 Å². The van der Waals surface area contributed by atoms with Gasteiger partial charge in [0.25, 0.3) is 0 Å². The predicted octanol–water partition coefficient (Wildman–Crippen LogP) is 1.65. The third-order valence-electron chi connectivity index (χ3n) is 2.57. The SMILES string of the molecule is CNCCCN(C)c1cc(NC(C)C)nc(C)n1. The molecule has 0 saturated carbocycles. The van der Waals surface area contributed by atoms with Crippen LogP contribution in [0.15, 0.2) is 6.07 Å². The fourth-order valence-corrected chi connectivity index (χ4v) is 1.72. The lowest BCUT2D eigenvalue weighted by atomic mass is 10.3. The van der Waals surface area contributed by atoms with Gasteiger partial charge in [0.05, 0.1) is 0 Å². The van der Waals surface area contributed by atoms with Crippen LogP contribution in [0, 0.1) is 6.92 Å². The van der Waals surface area contributed by atoms with Gasteiger partial charge in [-0.1, -0.05) is 0 Å². The van der Waals surface area contributed by atoms with Crippen LogP contribution in [0.5, 0.6) is 0 Å². The van der Waals surface area contributed by atoms with Crippen molar-refractivity contribution in [1.29, 1.82) is 0 Å². The first-order valence-corrected chi connectivity index (χ1v) is 6.51. The van der Waals surface area contributed by atoms with Crippen LogP contribution in [0.1, 0.15) is 26.1 Å². The Labute approximate surface area is 110 Å². The summed E-state index contributed by atoms with van der Waals surface area (Å²) in [5.41, 5.74) is 0. The molecule has 2 N–H and O–H groups in total. The predicted molar refractivity (Wildman–Crippen MR) is 77.3 cm³/mol. The van der Waals surface area contributed by atoms with Crippen molar-refractivity contribution in [3.05, 3.63) is 11.9 Å². The van der Waals surface area contributed by atoms with Crippen molar-refractivity contribution in [2.75, 3.05) is 37.4 Å². The second-order valence-corrected chi connectivity index (χ2v) is 4.84. The highest BCUT2D eigenvalue weighted by Crippen LogP contribution is 2.15. The molecule has 0 fully saturated rings. The van der Waals surface area contributed by atoms with Gasteiger partial charge in [0.1, 0.15) is 17.5 Å². The summed E-state index contributed by atoms with van der Waals surface area (Å²) in [6.07, 6.45) is 1.10. The van der Waals surface area contributed by atoms with E-state index in [4.69, 9.17) is 0 Å². The molecule has 1 aromatic rings. The first kappa shape index (κ1) is 14.7. The minimum Gasteiger partial charge on any atom is -0.368 e. The van der Waals surface area contributed by atoms with Crippen molar-refractivity contribution in [3.8, 4) is 0 Å². The Morgan fingerprint density at radius 1 is 1.33 bits per heavy atom. The van der Waals surface area contributed by atoms with Gasteiger partial charge in [-0.3, -0.25) is 0 Å². The molecule has 5 nitrogen and oxygen atoms in total. The summed E-state index contributed by atoms with van der Waals surface area (Å²) in [4.78, 5) is 11.0. The van der Waals surface area contributed by atoms with Crippen LogP contribution in [-0.2, 0) is 0 Å². The van der Waals surface area contributed by atoms with Gasteiger partial charge in [-0.15, -0.1) is 0 Å². The highest BCUT2D eigenvalue weighted by molar-refractivity contribution is 5.49. The van der Waals surface area contributed by atoms with E-state index in [2.05, 4.69) is 46.4 Å². The van der Waals surface area contributed by atoms with Crippen LogP contribution in [0.2, 0.25) is 0 Å². The van der Waals surface area contributed by atoms with Gasteiger partial charge in [0, 0.05) is 25.7 Å². The molecule has 1 rings (SSSR count). The summed E-state index contributed by atoms with van der Waals surface area (Å²) < 4.78 is 0. The summed E-state index contributed by atoms with van der Waals surface area (Å²) in [5, 5.41) is 6.47. The molecule has 0 amide bonds. The Morgan fingerprint density at radius 2 is 2.06 bits per heavy atom. The number of aromatic nitrogens is 2. The van der Waals surface area contributed by atoms with Crippen LogP contribution in [-0.4, -0.2) is 43.2 Å². The van der Waals surface area contributed by atoms with E-state index < -0.39 is 0 Å². The highest BCUT2D eigenvalue weighted by atomic mass is 15.2. The van der Waals surface area contributed by atoms with Crippen LogP contribution >= 0.6 is 0 Å². The summed E-state index contributed by atoms with van der Waals surface area (Å²) in [5.74, 6) is 2.67. The maximum absolute atomic E-state index is 4.47. The standard InChI is InChI=1S/C13H25N5/c1-10(2)15-12-9-13(17-11(3)16-12)18(5)8-6-7-14-4/h9-10,14H,6-8H2,1-5H3,(H,15,16,17). The van der Waals surface area contributed by atoms with E-state index in [1.807, 2.05) is 20.0 Å². The molecule has 0 spiro atoms. The molecule has 0 atom stereocenters. The molecule has 0 aromatic carbocycles. The minimum absolute atomic E-state index is 0.377. The van der Waals surface area contributed by atoms with Crippen molar-refractivity contribution in [1.82, 2.24) is 15.3 Å². The van der Waals surface area contributed by atoms with Crippen molar-refractivity contribution < 1.29 is 0 Å². The molecule has 0 aliphatic heterocycles. The van der Waals surface area contributed by atoms with Crippen LogP contribution in [0.3, 0.4) is 0 Å². The lowest BCUT2D eigenvalue weighted by Crippen LogP contribution is -2.24. The smallest absolute Gasteiger partial charge is 0.134 e. The van der Waals surface area contributed by atoms with E-state index in [9.17, 15) is 0 Å². The Balaban J connectivity index is 2.71. The molecule has 18 heavy (non-hydrogen) atoms. The molecule has 0 radical (unpaired) electrons. The zero-order chi connectivity index (χ0) is 13.5. The van der Waals surface area contributed by atoms with Crippen molar-refractivity contribution >= 4 is 11.6 Å². The topological polar surface area (TPSA) is 53.1 Å². The summed E-state index contributed by atoms with van der Waals surface area (Å²) >= 11 is 0. The monoisotopic (exact) mass is 251 g/mol. The fraction of sp³-hybridized carbons (Fsp3) is 0.692. The Hall–Kier alpha value is -1.36. The molecule has 0 aliphatic rings. The Bertz CT molecular complexity index is 364. The molecule has 0 unspecified atom stereocenters. The minimum atomic E-state index is 0.377. The van der Waals surface area contributed by atoms with E-state index in [1.165, 1.54) is 0 Å². The van der Waals surface area contributed by atoms with Gasteiger partial charge in [-0.05, 0) is 40.8 Å². The third-order valence-corrected chi connectivity index (χ3v) is 2.57. The highest BCUT2D eigenvalue weighted by Gasteiger charge is 2.07. The lowest BCUT2D eigenvalue weighted by Gasteiger charge is -2.19. The average molecular weight is 251 g/mol. The zero-order valence-corrected chi connectivity index (χ0v) is 12.1. The van der Waals surface area contributed by atoms with E-state index in [-0.39, 0.29) is 0 Å². The summed E-state index contributed by atoms with van der Waals surface area (Å²) in [7, 11) is 4.04. The largest absolute Gasteiger partial charge is 0.368 e. The van der Waals surface area contributed by atoms with E-state index in [1.54, 1.807) is 0 Å². The van der Waals surface area contributed by atoms with Gasteiger partial charge in [-0.25, -0.2) is 9.97 Å². The normalized spacial score (nSPS) is 10.8. The number of aryl methyl sites for hydroxylation is 1. The summed E-state index contributed by atoms with van der Waals surface area (Å²) in [6.45, 7) is 8.14. The Morgan fingerprint density at radius 3 is 2.67 bits per heavy atom. The molecule has 1 heterocycles. The maximum atomic E-state index is 4.47. The van der Waals surface area contributed by atoms with Crippen molar-refractivity contribution in [3.63, 3.8) is 0 Å². The second kappa shape index (κ2) is 7.16.